The van der Waals surface area contributed by atoms with Gasteiger partial charge in [-0.05, 0) is 63.1 Å². The SMILES string of the molecule is CCOC(=O)c1c(NC(=O)c2ccc(C)c(NC(=O)c3ccco3)c2)sc(C)c1C. The second kappa shape index (κ2) is 8.96. The van der Waals surface area contributed by atoms with E-state index in [1.54, 1.807) is 37.3 Å². The highest BCUT2D eigenvalue weighted by Crippen LogP contribution is 2.33. The molecule has 0 atom stereocenters. The number of benzene rings is 1. The van der Waals surface area contributed by atoms with Crippen molar-refractivity contribution >= 4 is 39.8 Å². The van der Waals surface area contributed by atoms with Gasteiger partial charge in [0, 0.05) is 16.1 Å². The van der Waals surface area contributed by atoms with Crippen molar-refractivity contribution in [2.24, 2.45) is 0 Å². The summed E-state index contributed by atoms with van der Waals surface area (Å²) in [5.74, 6) is -1.09. The maximum atomic E-state index is 12.9. The number of aryl methyl sites for hydroxylation is 2. The first kappa shape index (κ1) is 21.3. The second-order valence-electron chi connectivity index (χ2n) is 6.62. The third kappa shape index (κ3) is 4.44. The van der Waals surface area contributed by atoms with Crippen LogP contribution in [0.4, 0.5) is 10.7 Å². The Balaban J connectivity index is 1.84. The molecule has 2 amide bonds. The highest BCUT2D eigenvalue weighted by atomic mass is 32.1. The van der Waals surface area contributed by atoms with Crippen LogP contribution >= 0.6 is 11.3 Å². The number of hydrogen-bond acceptors (Lipinski definition) is 6. The van der Waals surface area contributed by atoms with Gasteiger partial charge in [0.1, 0.15) is 5.00 Å². The number of anilines is 2. The van der Waals surface area contributed by atoms with Crippen LogP contribution in [0.5, 0.6) is 0 Å². The maximum Gasteiger partial charge on any atom is 0.341 e. The van der Waals surface area contributed by atoms with Gasteiger partial charge in [-0.3, -0.25) is 9.59 Å². The van der Waals surface area contributed by atoms with Crippen molar-refractivity contribution in [3.05, 3.63) is 69.5 Å². The zero-order valence-corrected chi connectivity index (χ0v) is 17.9. The molecule has 3 rings (SSSR count). The van der Waals surface area contributed by atoms with E-state index in [-0.39, 0.29) is 12.4 Å². The first-order chi connectivity index (χ1) is 14.3. The van der Waals surface area contributed by atoms with Crippen molar-refractivity contribution in [1.29, 1.82) is 0 Å². The summed E-state index contributed by atoms with van der Waals surface area (Å²) in [6, 6.07) is 8.16. The average molecular weight is 426 g/mol. The van der Waals surface area contributed by atoms with Crippen molar-refractivity contribution in [3.63, 3.8) is 0 Å². The number of hydrogen-bond donors (Lipinski definition) is 2. The molecular weight excluding hydrogens is 404 g/mol. The fourth-order valence-electron chi connectivity index (χ4n) is 2.83. The molecule has 1 aromatic carbocycles. The van der Waals surface area contributed by atoms with Gasteiger partial charge in [0.05, 0.1) is 18.4 Å². The predicted molar refractivity (Wildman–Crippen MR) is 116 cm³/mol. The molecule has 0 radical (unpaired) electrons. The van der Waals surface area contributed by atoms with Crippen LogP contribution in [-0.4, -0.2) is 24.4 Å². The summed E-state index contributed by atoms with van der Waals surface area (Å²) in [6.07, 6.45) is 1.41. The molecule has 0 aliphatic heterocycles. The van der Waals surface area contributed by atoms with Crippen LogP contribution in [0.3, 0.4) is 0 Å². The van der Waals surface area contributed by atoms with Crippen LogP contribution in [0.15, 0.2) is 41.0 Å². The highest BCUT2D eigenvalue weighted by molar-refractivity contribution is 7.16. The number of esters is 1. The van der Waals surface area contributed by atoms with Gasteiger partial charge in [0.15, 0.2) is 5.76 Å². The molecule has 0 saturated carbocycles. The van der Waals surface area contributed by atoms with E-state index >= 15 is 0 Å². The molecule has 2 aromatic heterocycles. The van der Waals surface area contributed by atoms with Crippen molar-refractivity contribution in [2.75, 3.05) is 17.2 Å². The zero-order valence-electron chi connectivity index (χ0n) is 17.1. The van der Waals surface area contributed by atoms with Crippen molar-refractivity contribution in [1.82, 2.24) is 0 Å². The molecule has 0 saturated heterocycles. The van der Waals surface area contributed by atoms with Gasteiger partial charge in [-0.15, -0.1) is 11.3 Å². The van der Waals surface area contributed by atoms with Gasteiger partial charge in [-0.25, -0.2) is 4.79 Å². The molecule has 2 heterocycles. The lowest BCUT2D eigenvalue weighted by molar-refractivity contribution is 0.0527. The lowest BCUT2D eigenvalue weighted by Gasteiger charge is -2.11. The van der Waals surface area contributed by atoms with E-state index in [4.69, 9.17) is 9.15 Å². The fourth-order valence-corrected chi connectivity index (χ4v) is 3.87. The van der Waals surface area contributed by atoms with Crippen molar-refractivity contribution in [2.45, 2.75) is 27.7 Å². The normalized spacial score (nSPS) is 10.5. The Bertz CT molecular complexity index is 1100. The second-order valence-corrected chi connectivity index (χ2v) is 7.85. The van der Waals surface area contributed by atoms with Crippen LogP contribution in [0.1, 0.15) is 54.2 Å². The summed E-state index contributed by atoms with van der Waals surface area (Å²) in [5.41, 5.74) is 2.78. The third-order valence-corrected chi connectivity index (χ3v) is 5.71. The number of rotatable bonds is 6. The Labute approximate surface area is 178 Å². The standard InChI is InChI=1S/C22H22N2O5S/c1-5-28-22(27)18-13(3)14(4)30-21(18)24-19(25)15-9-8-12(2)16(11-15)23-20(26)17-7-6-10-29-17/h6-11H,5H2,1-4H3,(H,23,26)(H,24,25). The molecule has 0 fully saturated rings. The Morgan fingerprint density at radius 1 is 1.07 bits per heavy atom. The first-order valence-corrected chi connectivity index (χ1v) is 10.2. The lowest BCUT2D eigenvalue weighted by Crippen LogP contribution is -2.16. The maximum absolute atomic E-state index is 12.9. The Hall–Kier alpha value is -3.39. The number of nitrogens with one attached hydrogen (secondary N) is 2. The molecule has 7 nitrogen and oxygen atoms in total. The molecule has 8 heteroatoms. The highest BCUT2D eigenvalue weighted by Gasteiger charge is 2.23. The van der Waals surface area contributed by atoms with Gasteiger partial charge in [-0.1, -0.05) is 6.07 Å². The molecule has 0 aliphatic rings. The quantitative estimate of drug-likeness (QED) is 0.544. The summed E-state index contributed by atoms with van der Waals surface area (Å²) in [7, 11) is 0. The molecule has 2 N–H and O–H groups in total. The van der Waals surface area contributed by atoms with E-state index in [2.05, 4.69) is 10.6 Å². The van der Waals surface area contributed by atoms with E-state index in [0.29, 0.717) is 21.8 Å². The minimum absolute atomic E-state index is 0.174. The van der Waals surface area contributed by atoms with Gasteiger partial charge in [0.2, 0.25) is 0 Å². The summed E-state index contributed by atoms with van der Waals surface area (Å²) < 4.78 is 10.2. The van der Waals surface area contributed by atoms with E-state index in [1.807, 2.05) is 20.8 Å². The summed E-state index contributed by atoms with van der Waals surface area (Å²) in [5, 5.41) is 5.99. The fraction of sp³-hybridized carbons (Fsp3) is 0.227. The molecule has 0 unspecified atom stereocenters. The smallest absolute Gasteiger partial charge is 0.341 e. The third-order valence-electron chi connectivity index (χ3n) is 4.58. The molecule has 0 bridgehead atoms. The number of thiophene rings is 1. The Kier molecular flexibility index (Phi) is 6.37. The largest absolute Gasteiger partial charge is 0.462 e. The molecule has 3 aromatic rings. The van der Waals surface area contributed by atoms with Crippen LogP contribution in [0.2, 0.25) is 0 Å². The Morgan fingerprint density at radius 2 is 1.83 bits per heavy atom. The summed E-state index contributed by atoms with van der Waals surface area (Å²) >= 11 is 1.32. The number of furan rings is 1. The molecule has 0 spiro atoms. The molecule has 156 valence electrons. The summed E-state index contributed by atoms with van der Waals surface area (Å²) in [6.45, 7) is 7.51. The van der Waals surface area contributed by atoms with Crippen molar-refractivity contribution in [3.8, 4) is 0 Å². The zero-order chi connectivity index (χ0) is 21.8. The van der Waals surface area contributed by atoms with Crippen LogP contribution in [0, 0.1) is 20.8 Å². The monoisotopic (exact) mass is 426 g/mol. The number of carbonyl (C=O) groups excluding carboxylic acids is 3. The number of carbonyl (C=O) groups is 3. The molecule has 30 heavy (non-hydrogen) atoms. The van der Waals surface area contributed by atoms with Gasteiger partial charge < -0.3 is 19.8 Å². The number of ether oxygens (including phenoxy) is 1. The van der Waals surface area contributed by atoms with E-state index in [1.165, 1.54) is 17.6 Å². The van der Waals surface area contributed by atoms with E-state index in [9.17, 15) is 14.4 Å². The first-order valence-electron chi connectivity index (χ1n) is 9.35. The van der Waals surface area contributed by atoms with Crippen LogP contribution < -0.4 is 10.6 Å². The Morgan fingerprint density at radius 3 is 2.50 bits per heavy atom. The van der Waals surface area contributed by atoms with Gasteiger partial charge >= 0.3 is 5.97 Å². The topological polar surface area (TPSA) is 97.6 Å². The van der Waals surface area contributed by atoms with Gasteiger partial charge in [-0.2, -0.15) is 0 Å². The van der Waals surface area contributed by atoms with Crippen molar-refractivity contribution < 1.29 is 23.5 Å². The van der Waals surface area contributed by atoms with Gasteiger partial charge in [0.25, 0.3) is 11.8 Å². The number of amides is 2. The lowest BCUT2D eigenvalue weighted by atomic mass is 10.1. The summed E-state index contributed by atoms with van der Waals surface area (Å²) in [4.78, 5) is 38.4. The van der Waals surface area contributed by atoms with Crippen LogP contribution in [0.25, 0.3) is 0 Å². The van der Waals surface area contributed by atoms with Crippen LogP contribution in [-0.2, 0) is 4.74 Å². The predicted octanol–water partition coefficient (Wildman–Crippen LogP) is 4.95. The minimum Gasteiger partial charge on any atom is -0.462 e. The average Bonchev–Trinajstić information content (AvgIpc) is 3.33. The minimum atomic E-state index is -0.468. The molecular formula is C22H22N2O5S. The molecule has 0 aliphatic carbocycles. The van der Waals surface area contributed by atoms with E-state index in [0.717, 1.165) is 16.0 Å². The van der Waals surface area contributed by atoms with E-state index < -0.39 is 17.8 Å².